The molecule has 5 nitrogen and oxygen atoms in total. The predicted octanol–water partition coefficient (Wildman–Crippen LogP) is 4.60. The average Bonchev–Trinajstić information content (AvgIpc) is 3.30. The van der Waals surface area contributed by atoms with Gasteiger partial charge in [-0.3, -0.25) is 4.79 Å². The molecule has 1 aliphatic rings. The number of nitrogens with zero attached hydrogens (tertiary/aromatic N) is 2. The van der Waals surface area contributed by atoms with Gasteiger partial charge in [0.15, 0.2) is 0 Å². The Balaban J connectivity index is 1.94. The number of benzene rings is 1. The summed E-state index contributed by atoms with van der Waals surface area (Å²) < 4.78 is 7.42. The van der Waals surface area contributed by atoms with E-state index in [1.54, 1.807) is 12.1 Å². The van der Waals surface area contributed by atoms with Gasteiger partial charge in [0.05, 0.1) is 38.8 Å². The van der Waals surface area contributed by atoms with Crippen molar-refractivity contribution in [1.29, 1.82) is 0 Å². The Morgan fingerprint density at radius 3 is 2.78 bits per heavy atom. The summed E-state index contributed by atoms with van der Waals surface area (Å²) in [4.78, 5) is 13.0. The maximum Gasteiger partial charge on any atom is 0.255 e. The largest absolute Gasteiger partial charge is 0.376 e. The highest BCUT2D eigenvalue weighted by Crippen LogP contribution is 2.27. The summed E-state index contributed by atoms with van der Waals surface area (Å²) in [5.74, 6) is -0.0860. The van der Waals surface area contributed by atoms with Gasteiger partial charge in [-0.15, -0.1) is 0 Å². The van der Waals surface area contributed by atoms with Gasteiger partial charge in [-0.1, -0.05) is 43.5 Å². The van der Waals surface area contributed by atoms with Crippen molar-refractivity contribution < 1.29 is 9.53 Å². The van der Waals surface area contributed by atoms with Crippen LogP contribution >= 0.6 is 23.2 Å². The highest BCUT2D eigenvalue weighted by atomic mass is 35.5. The second kappa shape index (κ2) is 9.09. The molecule has 1 amide bonds. The molecule has 0 aliphatic carbocycles. The summed E-state index contributed by atoms with van der Waals surface area (Å²) in [6, 6.07) is 5.39. The number of carbonyl (C=O) groups is 1. The number of carbonyl (C=O) groups excluding carboxylic acids is 1. The van der Waals surface area contributed by atoms with Gasteiger partial charge in [0, 0.05) is 13.2 Å². The van der Waals surface area contributed by atoms with E-state index in [0.29, 0.717) is 28.6 Å². The minimum atomic E-state index is -0.0860. The molecule has 7 heteroatoms. The third-order valence-corrected chi connectivity index (χ3v) is 5.50. The molecule has 2 aromatic rings. The highest BCUT2D eigenvalue weighted by Gasteiger charge is 2.24. The lowest BCUT2D eigenvalue weighted by atomic mass is 10.1. The lowest BCUT2D eigenvalue weighted by molar-refractivity contribution is 0.0856. The van der Waals surface area contributed by atoms with E-state index in [4.69, 9.17) is 33.0 Å². The standard InChI is InChI=1S/C20H25Cl2N3O2/c1-3-6-17-19(20(26)23-12-14-7-5-10-27-14)18(4-2)25(24-17)13-8-9-15(21)16(22)11-13/h8-9,11,14H,3-7,10,12H2,1-2H3,(H,23,26)/t14-/m0/s1. The van der Waals surface area contributed by atoms with E-state index >= 15 is 0 Å². The third-order valence-electron chi connectivity index (χ3n) is 4.76. The van der Waals surface area contributed by atoms with E-state index in [2.05, 4.69) is 12.2 Å². The van der Waals surface area contributed by atoms with Crippen LogP contribution in [0.5, 0.6) is 0 Å². The van der Waals surface area contributed by atoms with Crippen LogP contribution in [-0.2, 0) is 17.6 Å². The van der Waals surface area contributed by atoms with E-state index in [9.17, 15) is 4.79 Å². The maximum absolute atomic E-state index is 13.0. The molecule has 1 aromatic heterocycles. The fourth-order valence-corrected chi connectivity index (χ4v) is 3.73. The Kier molecular flexibility index (Phi) is 6.79. The first-order valence-corrected chi connectivity index (χ1v) is 10.3. The van der Waals surface area contributed by atoms with Gasteiger partial charge in [-0.25, -0.2) is 4.68 Å². The minimum absolute atomic E-state index is 0.0860. The van der Waals surface area contributed by atoms with Crippen LogP contribution in [0.3, 0.4) is 0 Å². The van der Waals surface area contributed by atoms with E-state index in [0.717, 1.165) is 49.4 Å². The molecule has 1 atom stereocenters. The number of nitrogens with one attached hydrogen (secondary N) is 1. The summed E-state index contributed by atoms with van der Waals surface area (Å²) in [5.41, 5.74) is 3.16. The van der Waals surface area contributed by atoms with Crippen LogP contribution in [0.25, 0.3) is 5.69 Å². The number of hydrogen-bond acceptors (Lipinski definition) is 3. The van der Waals surface area contributed by atoms with E-state index in [-0.39, 0.29) is 12.0 Å². The van der Waals surface area contributed by atoms with Gasteiger partial charge in [0.25, 0.3) is 5.91 Å². The zero-order valence-electron chi connectivity index (χ0n) is 15.7. The van der Waals surface area contributed by atoms with Crippen molar-refractivity contribution in [3.63, 3.8) is 0 Å². The van der Waals surface area contributed by atoms with Crippen LogP contribution in [0.4, 0.5) is 0 Å². The molecule has 0 saturated carbocycles. The van der Waals surface area contributed by atoms with E-state index in [1.165, 1.54) is 0 Å². The number of rotatable bonds is 7. The number of halogens is 2. The molecule has 1 fully saturated rings. The van der Waals surface area contributed by atoms with Crippen molar-refractivity contribution in [2.75, 3.05) is 13.2 Å². The van der Waals surface area contributed by atoms with Crippen LogP contribution in [0.1, 0.15) is 54.9 Å². The SMILES string of the molecule is CCCc1nn(-c2ccc(Cl)c(Cl)c2)c(CC)c1C(=O)NC[C@@H]1CCCO1. The van der Waals surface area contributed by atoms with E-state index in [1.807, 2.05) is 17.7 Å². The second-order valence-corrected chi connectivity index (χ2v) is 7.54. The zero-order valence-corrected chi connectivity index (χ0v) is 17.2. The Bertz CT molecular complexity index is 814. The number of amides is 1. The van der Waals surface area contributed by atoms with Crippen LogP contribution in [0, 0.1) is 0 Å². The lowest BCUT2D eigenvalue weighted by Crippen LogP contribution is -2.32. The van der Waals surface area contributed by atoms with Crippen LogP contribution < -0.4 is 5.32 Å². The van der Waals surface area contributed by atoms with Crippen LogP contribution in [0.2, 0.25) is 10.0 Å². The van der Waals surface area contributed by atoms with Crippen molar-refractivity contribution in [1.82, 2.24) is 15.1 Å². The molecule has 3 rings (SSSR count). The monoisotopic (exact) mass is 409 g/mol. The number of aromatic nitrogens is 2. The second-order valence-electron chi connectivity index (χ2n) is 6.73. The predicted molar refractivity (Wildman–Crippen MR) is 108 cm³/mol. The van der Waals surface area contributed by atoms with Gasteiger partial charge < -0.3 is 10.1 Å². The molecule has 0 bridgehead atoms. The van der Waals surface area contributed by atoms with Crippen LogP contribution in [-0.4, -0.2) is 34.9 Å². The van der Waals surface area contributed by atoms with Crippen molar-refractivity contribution in [2.24, 2.45) is 0 Å². The molecule has 2 heterocycles. The molecule has 1 aromatic carbocycles. The first-order valence-electron chi connectivity index (χ1n) is 9.51. The number of hydrogen-bond donors (Lipinski definition) is 1. The molecular formula is C20H25Cl2N3O2. The first kappa shape index (κ1) is 20.2. The maximum atomic E-state index is 13.0. The minimum Gasteiger partial charge on any atom is -0.376 e. The zero-order chi connectivity index (χ0) is 19.4. The van der Waals surface area contributed by atoms with Crippen molar-refractivity contribution in [3.8, 4) is 5.69 Å². The molecule has 0 spiro atoms. The Morgan fingerprint density at radius 1 is 1.33 bits per heavy atom. The van der Waals surface area contributed by atoms with Gasteiger partial charge >= 0.3 is 0 Å². The Labute approximate surface area is 170 Å². The fraction of sp³-hybridized carbons (Fsp3) is 0.500. The summed E-state index contributed by atoms with van der Waals surface area (Å²) in [5, 5.41) is 8.73. The number of ether oxygens (including phenoxy) is 1. The lowest BCUT2D eigenvalue weighted by Gasteiger charge is -2.12. The molecule has 27 heavy (non-hydrogen) atoms. The molecule has 146 valence electrons. The Hall–Kier alpha value is -1.56. The summed E-state index contributed by atoms with van der Waals surface area (Å²) in [7, 11) is 0. The van der Waals surface area contributed by atoms with E-state index < -0.39 is 0 Å². The molecule has 1 aliphatic heterocycles. The molecule has 1 saturated heterocycles. The topological polar surface area (TPSA) is 56.2 Å². The summed E-state index contributed by atoms with van der Waals surface area (Å²) in [6.45, 7) is 5.41. The fourth-order valence-electron chi connectivity index (χ4n) is 3.43. The summed E-state index contributed by atoms with van der Waals surface area (Å²) >= 11 is 12.2. The van der Waals surface area contributed by atoms with Crippen LogP contribution in [0.15, 0.2) is 18.2 Å². The van der Waals surface area contributed by atoms with Crippen molar-refractivity contribution in [2.45, 2.75) is 52.1 Å². The molecule has 1 N–H and O–H groups in total. The normalized spacial score (nSPS) is 16.7. The third kappa shape index (κ3) is 4.48. The van der Waals surface area contributed by atoms with Crippen molar-refractivity contribution in [3.05, 3.63) is 45.2 Å². The average molecular weight is 410 g/mol. The van der Waals surface area contributed by atoms with Gasteiger partial charge in [0.2, 0.25) is 0 Å². The summed E-state index contributed by atoms with van der Waals surface area (Å²) in [6.07, 6.45) is 4.48. The Morgan fingerprint density at radius 2 is 2.15 bits per heavy atom. The van der Waals surface area contributed by atoms with Gasteiger partial charge in [-0.2, -0.15) is 5.10 Å². The molecular weight excluding hydrogens is 385 g/mol. The van der Waals surface area contributed by atoms with Gasteiger partial charge in [0.1, 0.15) is 0 Å². The highest BCUT2D eigenvalue weighted by molar-refractivity contribution is 6.42. The van der Waals surface area contributed by atoms with Gasteiger partial charge in [-0.05, 0) is 43.9 Å². The number of aryl methyl sites for hydroxylation is 1. The van der Waals surface area contributed by atoms with Crippen molar-refractivity contribution >= 4 is 29.1 Å². The molecule has 0 unspecified atom stereocenters. The smallest absolute Gasteiger partial charge is 0.255 e. The first-order chi connectivity index (χ1) is 13.0. The quantitative estimate of drug-likeness (QED) is 0.726. The molecule has 0 radical (unpaired) electrons.